The molecule has 0 saturated carbocycles. The molecule has 318 valence electrons. The van der Waals surface area contributed by atoms with E-state index in [0.29, 0.717) is 5.06 Å². The predicted octanol–water partition coefficient (Wildman–Crippen LogP) is 0.159. The lowest BCUT2D eigenvalue weighted by molar-refractivity contribution is -0.197. The number of amides is 5. The molecular weight excluding hydrogens is 718 g/mol. The summed E-state index contributed by atoms with van der Waals surface area (Å²) in [7, 11) is 13.5. The van der Waals surface area contributed by atoms with E-state index in [1.165, 1.54) is 25.8 Å². The average molecular weight is 786 g/mol. The molecule has 2 heterocycles. The molecule has 2 saturated heterocycles. The van der Waals surface area contributed by atoms with Gasteiger partial charge in [0.15, 0.2) is 0 Å². The van der Waals surface area contributed by atoms with Crippen LogP contribution in [0.1, 0.15) is 75.7 Å². The van der Waals surface area contributed by atoms with E-state index in [-0.39, 0.29) is 78.6 Å². The number of likely N-dealkylation sites (N-methyl/N-ethyl adjacent to an activating group) is 5. The Balaban J connectivity index is -0.000000135. The number of hydrogen-bond donors (Lipinski definition) is 5. The second-order valence-electron chi connectivity index (χ2n) is 12.7. The molecule has 0 aromatic heterocycles. The van der Waals surface area contributed by atoms with Gasteiger partial charge in [-0.3, -0.25) is 48.6 Å². The molecule has 2 fully saturated rings. The van der Waals surface area contributed by atoms with Crippen LogP contribution in [0.4, 0.5) is 0 Å². The van der Waals surface area contributed by atoms with E-state index in [2.05, 4.69) is 10.2 Å². The normalized spacial score (nSPS) is 13.3. The largest absolute Gasteiger partial charge is 0.480 e. The summed E-state index contributed by atoms with van der Waals surface area (Å²) in [5.41, 5.74) is -1.95. The van der Waals surface area contributed by atoms with Crippen LogP contribution in [-0.4, -0.2) is 191 Å². The summed E-state index contributed by atoms with van der Waals surface area (Å²) in [5, 5.41) is 37.1. The lowest BCUT2D eigenvalue weighted by Crippen LogP contribution is -2.52. The first kappa shape index (κ1) is 61.5. The van der Waals surface area contributed by atoms with Crippen LogP contribution in [0.3, 0.4) is 0 Å². The van der Waals surface area contributed by atoms with Crippen molar-refractivity contribution in [2.45, 2.75) is 86.7 Å². The Hall–Kier alpha value is -4.57. The van der Waals surface area contributed by atoms with E-state index >= 15 is 0 Å². The Bertz CT molecular complexity index is 1210. The first-order valence-corrected chi connectivity index (χ1v) is 15.2. The van der Waals surface area contributed by atoms with E-state index < -0.39 is 58.6 Å². The van der Waals surface area contributed by atoms with Crippen molar-refractivity contribution in [1.29, 1.82) is 0 Å². The number of nitrogens with one attached hydrogen (secondary N) is 1. The number of hydrogen-bond acceptors (Lipinski definition) is 15. The van der Waals surface area contributed by atoms with Crippen molar-refractivity contribution >= 4 is 53.4 Å². The van der Waals surface area contributed by atoms with Gasteiger partial charge >= 0.3 is 23.9 Å². The van der Waals surface area contributed by atoms with E-state index in [9.17, 15) is 43.2 Å². The molecule has 0 bridgehead atoms. The molecule has 2 aliphatic rings. The Kier molecular flexibility index (Phi) is 32.9. The fraction of sp³-hybridized carbons (Fsp3) is 0.727. The zero-order valence-corrected chi connectivity index (χ0v) is 31.5. The number of hydroxylamine groups is 4. The van der Waals surface area contributed by atoms with Gasteiger partial charge in [-0.25, -0.2) is 9.59 Å². The van der Waals surface area contributed by atoms with Gasteiger partial charge in [0.2, 0.25) is 5.91 Å². The molecule has 0 spiro atoms. The average Bonchev–Trinajstić information content (AvgIpc) is 3.46. The van der Waals surface area contributed by atoms with Gasteiger partial charge in [-0.1, -0.05) is 22.3 Å². The zero-order chi connectivity index (χ0) is 41.0. The highest BCUT2D eigenvalue weighted by Crippen LogP contribution is 2.13. The fourth-order valence-corrected chi connectivity index (χ4v) is 2.82. The maximum absolute atomic E-state index is 11.5. The van der Waals surface area contributed by atoms with Gasteiger partial charge < -0.3 is 35.3 Å². The highest BCUT2D eigenvalue weighted by atomic mass is 16.7. The molecule has 54 heavy (non-hydrogen) atoms. The Morgan fingerprint density at radius 3 is 1.20 bits per heavy atom. The Labute approximate surface area is 319 Å². The third-order valence-electron chi connectivity index (χ3n) is 6.47. The number of nitrogens with zero attached hydrogens (tertiary/aromatic N) is 6. The van der Waals surface area contributed by atoms with Gasteiger partial charge in [-0.2, -0.15) is 5.06 Å². The minimum Gasteiger partial charge on any atom is -0.480 e. The molecule has 0 aromatic carbocycles. The maximum Gasteiger partial charge on any atom is 0.347 e. The van der Waals surface area contributed by atoms with Crippen molar-refractivity contribution in [3.8, 4) is 0 Å². The molecule has 0 radical (unpaired) electrons. The smallest absolute Gasteiger partial charge is 0.347 e. The maximum atomic E-state index is 11.5. The summed E-state index contributed by atoms with van der Waals surface area (Å²) in [4.78, 5) is 107. The van der Waals surface area contributed by atoms with E-state index in [1.54, 1.807) is 77.9 Å². The van der Waals surface area contributed by atoms with Crippen molar-refractivity contribution in [1.82, 2.24) is 35.0 Å². The van der Waals surface area contributed by atoms with Crippen molar-refractivity contribution in [2.75, 3.05) is 76.0 Å². The number of carboxylic acid groups (broad SMARTS) is 3. The fourth-order valence-electron chi connectivity index (χ4n) is 2.82. The number of carbonyl (C=O) groups excluding carboxylic acids is 6. The number of carbonyl (C=O) groups is 9. The van der Waals surface area contributed by atoms with Crippen LogP contribution in [0.25, 0.3) is 0 Å². The van der Waals surface area contributed by atoms with Gasteiger partial charge in [0, 0.05) is 32.7 Å². The summed E-state index contributed by atoms with van der Waals surface area (Å²) in [6.45, 7) is 6.58. The number of carboxylic acids is 3. The van der Waals surface area contributed by atoms with Gasteiger partial charge in [-0.05, 0) is 77.0 Å². The molecule has 2 rings (SSSR count). The predicted molar refractivity (Wildman–Crippen MR) is 199 cm³/mol. The summed E-state index contributed by atoms with van der Waals surface area (Å²) in [5.74, 6) is -5.37. The third-order valence-corrected chi connectivity index (χ3v) is 6.47. The van der Waals surface area contributed by atoms with E-state index in [1.807, 2.05) is 0 Å². The highest BCUT2D eigenvalue weighted by Gasteiger charge is 2.35. The standard InChI is InChI=1S/C9H18N2O3.C8H12N2O4.C5H11NO2.C4H5NO3.C4H9NO2.3CH4/c1-9(2,8(13)14)11(5)7(12)6-10(3)4;1-9(2)5-8(13)14-10-6(11)3-4-7(10)12;1-5(2,6-3)4(7)8;6-3-1-2-4(7)5(3)8;1-5(2)3-4(6)7;;;/h6H2,1-5H3,(H,13,14);3-5H2,1-2H3;6H,1-3H3,(H,7,8);8H,1-2H2;3H2,1-2H3,(H,6,7);3*1H4. The first-order chi connectivity index (χ1) is 23.0. The number of rotatable bonds is 11. The summed E-state index contributed by atoms with van der Waals surface area (Å²) in [6, 6.07) is 0. The van der Waals surface area contributed by atoms with Crippen molar-refractivity contribution in [3.05, 3.63) is 0 Å². The molecule has 21 heteroatoms. The van der Waals surface area contributed by atoms with Crippen LogP contribution >= 0.6 is 0 Å². The highest BCUT2D eigenvalue weighted by molar-refractivity contribution is 6.01. The SMILES string of the molecule is C.C.C.CN(C)CC(=O)N(C)C(C)(C)C(=O)O.CN(C)CC(=O)O.CN(C)CC(=O)ON1C(=O)CCC1=O.CNC(C)(C)C(=O)O.O=C1CCC(=O)N1O. The summed E-state index contributed by atoms with van der Waals surface area (Å²) < 4.78 is 0. The summed E-state index contributed by atoms with van der Waals surface area (Å²) >= 11 is 0. The molecule has 5 N–H and O–H groups in total. The molecular formula is C33H67N7O14. The van der Waals surface area contributed by atoms with E-state index in [0.717, 1.165) is 0 Å². The molecule has 21 nitrogen and oxygen atoms in total. The lowest BCUT2D eigenvalue weighted by Gasteiger charge is -2.32. The van der Waals surface area contributed by atoms with Crippen molar-refractivity contribution in [3.63, 3.8) is 0 Å². The van der Waals surface area contributed by atoms with Crippen LogP contribution in [-0.2, 0) is 48.0 Å². The van der Waals surface area contributed by atoms with Crippen LogP contribution in [0, 0.1) is 0 Å². The van der Waals surface area contributed by atoms with Gasteiger partial charge in [0.05, 0.1) is 19.6 Å². The van der Waals surface area contributed by atoms with Crippen LogP contribution < -0.4 is 5.32 Å². The minimum atomic E-state index is -1.16. The molecule has 0 unspecified atom stereocenters. The monoisotopic (exact) mass is 785 g/mol. The topological polar surface area (TPSA) is 275 Å². The third kappa shape index (κ3) is 26.2. The van der Waals surface area contributed by atoms with E-state index in [4.69, 9.17) is 20.5 Å². The van der Waals surface area contributed by atoms with Crippen LogP contribution in [0.2, 0.25) is 0 Å². The van der Waals surface area contributed by atoms with Gasteiger partial charge in [0.25, 0.3) is 23.6 Å². The van der Waals surface area contributed by atoms with Crippen molar-refractivity contribution < 1.29 is 68.5 Å². The van der Waals surface area contributed by atoms with Crippen molar-refractivity contribution in [2.24, 2.45) is 0 Å². The molecule has 0 aliphatic carbocycles. The first-order valence-electron chi connectivity index (χ1n) is 15.2. The van der Waals surface area contributed by atoms with Gasteiger partial charge in [0.1, 0.15) is 11.1 Å². The Morgan fingerprint density at radius 2 is 1.00 bits per heavy atom. The second kappa shape index (κ2) is 28.9. The van der Waals surface area contributed by atoms with Gasteiger partial charge in [-0.15, -0.1) is 5.06 Å². The molecule has 0 aromatic rings. The molecule has 5 amide bonds. The van der Waals surface area contributed by atoms with Crippen LogP contribution in [0.5, 0.6) is 0 Å². The molecule has 2 aliphatic heterocycles. The Morgan fingerprint density at radius 1 is 0.648 bits per heavy atom. The number of aliphatic carboxylic acids is 3. The number of imide groups is 2. The van der Waals surface area contributed by atoms with Crippen LogP contribution in [0.15, 0.2) is 0 Å². The second-order valence-corrected chi connectivity index (χ2v) is 12.7. The zero-order valence-electron chi connectivity index (χ0n) is 31.5. The quantitative estimate of drug-likeness (QED) is 0.138. The minimum absolute atomic E-state index is 0. The summed E-state index contributed by atoms with van der Waals surface area (Å²) in [6.07, 6.45) is 0.535. The lowest BCUT2D eigenvalue weighted by atomic mass is 10.0. The molecule has 0 atom stereocenters.